The molecule has 1 aliphatic rings. The molecule has 3 rings (SSSR count). The third-order valence-electron chi connectivity index (χ3n) is 4.32. The smallest absolute Gasteiger partial charge is 0.314 e. The Morgan fingerprint density at radius 3 is 2.20 bits per heavy atom. The van der Waals surface area contributed by atoms with Crippen molar-refractivity contribution in [1.29, 1.82) is 0 Å². The summed E-state index contributed by atoms with van der Waals surface area (Å²) in [7, 11) is 0. The zero-order valence-corrected chi connectivity index (χ0v) is 14.8. The number of benzene rings is 2. The summed E-state index contributed by atoms with van der Waals surface area (Å²) in [6.45, 7) is 3.00. The average molecular weight is 389 g/mol. The predicted octanol–water partition coefficient (Wildman–Crippen LogP) is 5.01. The van der Waals surface area contributed by atoms with Crippen molar-refractivity contribution in [2.24, 2.45) is 0 Å². The van der Waals surface area contributed by atoms with Gasteiger partial charge >= 0.3 is 6.18 Å². The van der Waals surface area contributed by atoms with Crippen LogP contribution >= 0.6 is 23.2 Å². The number of halogens is 5. The van der Waals surface area contributed by atoms with E-state index in [1.807, 2.05) is 12.1 Å². The zero-order chi connectivity index (χ0) is 18.0. The van der Waals surface area contributed by atoms with Crippen LogP contribution in [0.1, 0.15) is 22.7 Å². The second-order valence-corrected chi connectivity index (χ2v) is 6.82. The minimum Gasteiger partial charge on any atom is -0.314 e. The van der Waals surface area contributed by atoms with E-state index in [4.69, 9.17) is 23.2 Å². The van der Waals surface area contributed by atoms with E-state index in [-0.39, 0.29) is 6.04 Å². The Kier molecular flexibility index (Phi) is 5.58. The normalized spacial score (nSPS) is 17.5. The SMILES string of the molecule is FC(F)(F)c1ccc(Cl)c(C(c2ccc(Cl)cc2)N2CCNCC2)c1. The maximum absolute atomic E-state index is 13.2. The number of nitrogens with zero attached hydrogens (tertiary/aromatic N) is 1. The van der Waals surface area contributed by atoms with Crippen molar-refractivity contribution in [3.8, 4) is 0 Å². The molecule has 1 N–H and O–H groups in total. The van der Waals surface area contributed by atoms with Gasteiger partial charge in [0.1, 0.15) is 0 Å². The Labute approximate surface area is 154 Å². The monoisotopic (exact) mass is 388 g/mol. The summed E-state index contributed by atoms with van der Waals surface area (Å²) in [5.41, 5.74) is 0.634. The van der Waals surface area contributed by atoms with Crippen molar-refractivity contribution >= 4 is 23.2 Å². The standard InChI is InChI=1S/C18H17Cl2F3N2/c19-14-4-1-12(2-5-14)17(25-9-7-24-8-10-25)15-11-13(18(21,22)23)3-6-16(15)20/h1-6,11,17,24H,7-10H2. The maximum atomic E-state index is 13.2. The molecule has 1 unspecified atom stereocenters. The van der Waals surface area contributed by atoms with E-state index in [1.165, 1.54) is 6.07 Å². The van der Waals surface area contributed by atoms with Crippen molar-refractivity contribution < 1.29 is 13.2 Å². The second-order valence-electron chi connectivity index (χ2n) is 5.97. The summed E-state index contributed by atoms with van der Waals surface area (Å²) >= 11 is 12.3. The molecule has 25 heavy (non-hydrogen) atoms. The molecule has 2 aromatic rings. The third-order valence-corrected chi connectivity index (χ3v) is 4.92. The molecule has 0 aliphatic carbocycles. The first kappa shape index (κ1) is 18.5. The van der Waals surface area contributed by atoms with Gasteiger partial charge in [-0.3, -0.25) is 4.90 Å². The van der Waals surface area contributed by atoms with Crippen LogP contribution in [-0.2, 0) is 6.18 Å². The Balaban J connectivity index is 2.09. The van der Waals surface area contributed by atoms with E-state index in [1.54, 1.807) is 12.1 Å². The fourth-order valence-electron chi connectivity index (χ4n) is 3.10. The fraction of sp³-hybridized carbons (Fsp3) is 0.333. The zero-order valence-electron chi connectivity index (χ0n) is 13.3. The van der Waals surface area contributed by atoms with Gasteiger partial charge in [-0.25, -0.2) is 0 Å². The van der Waals surface area contributed by atoms with E-state index in [0.29, 0.717) is 15.6 Å². The van der Waals surface area contributed by atoms with E-state index >= 15 is 0 Å². The lowest BCUT2D eigenvalue weighted by Crippen LogP contribution is -2.45. The van der Waals surface area contributed by atoms with Gasteiger partial charge in [-0.1, -0.05) is 35.3 Å². The van der Waals surface area contributed by atoms with Crippen LogP contribution < -0.4 is 5.32 Å². The summed E-state index contributed by atoms with van der Waals surface area (Å²) in [6, 6.07) is 10.3. The lowest BCUT2D eigenvalue weighted by atomic mass is 9.94. The Bertz CT molecular complexity index is 726. The number of piperazine rings is 1. The number of hydrogen-bond donors (Lipinski definition) is 1. The molecule has 134 valence electrons. The summed E-state index contributed by atoms with van der Waals surface area (Å²) in [6.07, 6.45) is -4.41. The Morgan fingerprint density at radius 1 is 0.960 bits per heavy atom. The molecule has 0 saturated carbocycles. The molecule has 2 aromatic carbocycles. The third kappa shape index (κ3) is 4.29. The molecule has 0 radical (unpaired) electrons. The highest BCUT2D eigenvalue weighted by Gasteiger charge is 2.33. The highest BCUT2D eigenvalue weighted by molar-refractivity contribution is 6.31. The van der Waals surface area contributed by atoms with Gasteiger partial charge in [0, 0.05) is 36.2 Å². The molecule has 1 saturated heterocycles. The van der Waals surface area contributed by atoms with E-state index in [9.17, 15) is 13.2 Å². The van der Waals surface area contributed by atoms with Crippen molar-refractivity contribution in [3.63, 3.8) is 0 Å². The highest BCUT2D eigenvalue weighted by atomic mass is 35.5. The van der Waals surface area contributed by atoms with E-state index < -0.39 is 11.7 Å². The molecule has 0 aromatic heterocycles. The second kappa shape index (κ2) is 7.54. The van der Waals surface area contributed by atoms with E-state index in [2.05, 4.69) is 10.2 Å². The number of nitrogens with one attached hydrogen (secondary N) is 1. The largest absolute Gasteiger partial charge is 0.416 e. The molecule has 1 fully saturated rings. The molecule has 1 heterocycles. The molecular formula is C18H17Cl2F3N2. The number of alkyl halides is 3. The van der Waals surface area contributed by atoms with Crippen LogP contribution in [0.2, 0.25) is 10.0 Å². The van der Waals surface area contributed by atoms with Gasteiger partial charge in [-0.15, -0.1) is 0 Å². The molecule has 0 bridgehead atoms. The molecular weight excluding hydrogens is 372 g/mol. The fourth-order valence-corrected chi connectivity index (χ4v) is 3.45. The van der Waals surface area contributed by atoms with Crippen LogP contribution in [0.5, 0.6) is 0 Å². The van der Waals surface area contributed by atoms with Crippen LogP contribution in [-0.4, -0.2) is 31.1 Å². The van der Waals surface area contributed by atoms with Gasteiger partial charge in [0.15, 0.2) is 0 Å². The molecule has 0 spiro atoms. The average Bonchev–Trinajstić information content (AvgIpc) is 2.58. The topological polar surface area (TPSA) is 15.3 Å². The van der Waals surface area contributed by atoms with Gasteiger partial charge in [-0.05, 0) is 41.5 Å². The molecule has 7 heteroatoms. The first-order valence-electron chi connectivity index (χ1n) is 7.93. The molecule has 1 atom stereocenters. The van der Waals surface area contributed by atoms with Crippen molar-refractivity contribution in [1.82, 2.24) is 10.2 Å². The maximum Gasteiger partial charge on any atom is 0.416 e. The highest BCUT2D eigenvalue weighted by Crippen LogP contribution is 2.38. The lowest BCUT2D eigenvalue weighted by molar-refractivity contribution is -0.137. The number of hydrogen-bond acceptors (Lipinski definition) is 2. The summed E-state index contributed by atoms with van der Waals surface area (Å²) in [5.74, 6) is 0. The molecule has 0 amide bonds. The Hall–Kier alpha value is -1.27. The van der Waals surface area contributed by atoms with Gasteiger partial charge < -0.3 is 5.32 Å². The van der Waals surface area contributed by atoms with Crippen LogP contribution in [0.25, 0.3) is 0 Å². The minimum atomic E-state index is -4.41. The van der Waals surface area contributed by atoms with Crippen molar-refractivity contribution in [3.05, 3.63) is 69.2 Å². The molecule has 1 aliphatic heterocycles. The summed E-state index contributed by atoms with van der Waals surface area (Å²) in [5, 5.41) is 4.16. The van der Waals surface area contributed by atoms with Gasteiger partial charge in [-0.2, -0.15) is 13.2 Å². The van der Waals surface area contributed by atoms with Crippen molar-refractivity contribution in [2.75, 3.05) is 26.2 Å². The predicted molar refractivity (Wildman–Crippen MR) is 94.2 cm³/mol. The van der Waals surface area contributed by atoms with Crippen LogP contribution in [0.4, 0.5) is 13.2 Å². The van der Waals surface area contributed by atoms with E-state index in [0.717, 1.165) is 43.9 Å². The molecule has 2 nitrogen and oxygen atoms in total. The summed E-state index contributed by atoms with van der Waals surface area (Å²) < 4.78 is 39.5. The Morgan fingerprint density at radius 2 is 1.60 bits per heavy atom. The van der Waals surface area contributed by atoms with Crippen molar-refractivity contribution in [2.45, 2.75) is 12.2 Å². The first-order chi connectivity index (χ1) is 11.9. The minimum absolute atomic E-state index is 0.325. The van der Waals surface area contributed by atoms with Crippen LogP contribution in [0.15, 0.2) is 42.5 Å². The van der Waals surface area contributed by atoms with Gasteiger partial charge in [0.25, 0.3) is 0 Å². The first-order valence-corrected chi connectivity index (χ1v) is 8.69. The van der Waals surface area contributed by atoms with Gasteiger partial charge in [0.2, 0.25) is 0 Å². The lowest BCUT2D eigenvalue weighted by Gasteiger charge is -2.36. The van der Waals surface area contributed by atoms with Gasteiger partial charge in [0.05, 0.1) is 11.6 Å². The van der Waals surface area contributed by atoms with Crippen LogP contribution in [0.3, 0.4) is 0 Å². The van der Waals surface area contributed by atoms with Crippen LogP contribution in [0, 0.1) is 0 Å². The summed E-state index contributed by atoms with van der Waals surface area (Å²) in [4.78, 5) is 2.14. The quantitative estimate of drug-likeness (QED) is 0.794. The number of rotatable bonds is 3.